The average Bonchev–Trinajstić information content (AvgIpc) is 2.81. The number of likely N-dealkylation sites (tertiary alicyclic amines) is 1. The van der Waals surface area contributed by atoms with Crippen molar-refractivity contribution >= 4 is 28.5 Å². The standard InChI is InChI=1S/C14H16FIN2O/c15-10-3-4-11(12(16)6-10)14(19)18-7-9-2-1-5-17-13(9)8-18/h3-4,6,9,13,17H,1-2,5,7-8H2/t9-,13+/m0/s1. The molecule has 1 aromatic rings. The van der Waals surface area contributed by atoms with E-state index in [1.54, 1.807) is 6.07 Å². The minimum Gasteiger partial charge on any atom is -0.337 e. The normalized spacial score (nSPS) is 26.3. The van der Waals surface area contributed by atoms with Crippen LogP contribution in [0.5, 0.6) is 0 Å². The molecule has 0 aliphatic carbocycles. The minimum atomic E-state index is -0.294. The van der Waals surface area contributed by atoms with Gasteiger partial charge < -0.3 is 10.2 Å². The van der Waals surface area contributed by atoms with Crippen molar-refractivity contribution < 1.29 is 9.18 Å². The first-order valence-corrected chi connectivity index (χ1v) is 7.71. The first kappa shape index (κ1) is 13.3. The lowest BCUT2D eigenvalue weighted by molar-refractivity contribution is 0.0784. The number of fused-ring (bicyclic) bond motifs is 1. The molecule has 3 rings (SSSR count). The van der Waals surface area contributed by atoms with Gasteiger partial charge in [0.2, 0.25) is 0 Å². The molecule has 2 aliphatic rings. The number of nitrogens with one attached hydrogen (secondary N) is 1. The second kappa shape index (κ2) is 5.36. The topological polar surface area (TPSA) is 32.3 Å². The molecule has 2 fully saturated rings. The maximum atomic E-state index is 13.1. The lowest BCUT2D eigenvalue weighted by Crippen LogP contribution is -2.41. The second-order valence-corrected chi connectivity index (χ2v) is 6.46. The molecule has 2 aliphatic heterocycles. The summed E-state index contributed by atoms with van der Waals surface area (Å²) in [7, 11) is 0. The van der Waals surface area contributed by atoms with Crippen molar-refractivity contribution in [2.75, 3.05) is 19.6 Å². The molecule has 1 N–H and O–H groups in total. The fourth-order valence-electron chi connectivity index (χ4n) is 3.05. The summed E-state index contributed by atoms with van der Waals surface area (Å²) in [6, 6.07) is 4.80. The molecular formula is C14H16FIN2O. The van der Waals surface area contributed by atoms with E-state index in [-0.39, 0.29) is 11.7 Å². The Kier molecular flexibility index (Phi) is 3.75. The fourth-order valence-corrected chi connectivity index (χ4v) is 3.75. The Morgan fingerprint density at radius 3 is 3.00 bits per heavy atom. The van der Waals surface area contributed by atoms with Gasteiger partial charge in [-0.15, -0.1) is 0 Å². The Bertz CT molecular complexity index is 494. The van der Waals surface area contributed by atoms with Crippen molar-refractivity contribution in [3.05, 3.63) is 33.1 Å². The summed E-state index contributed by atoms with van der Waals surface area (Å²) in [4.78, 5) is 14.4. The van der Waals surface area contributed by atoms with E-state index in [4.69, 9.17) is 0 Å². The molecule has 102 valence electrons. The van der Waals surface area contributed by atoms with Gasteiger partial charge in [0.25, 0.3) is 5.91 Å². The quantitative estimate of drug-likeness (QED) is 0.765. The van der Waals surface area contributed by atoms with E-state index in [0.717, 1.165) is 19.6 Å². The van der Waals surface area contributed by atoms with E-state index >= 15 is 0 Å². The van der Waals surface area contributed by atoms with E-state index in [0.29, 0.717) is 21.1 Å². The summed E-state index contributed by atoms with van der Waals surface area (Å²) in [5.41, 5.74) is 0.612. The van der Waals surface area contributed by atoms with Crippen LogP contribution >= 0.6 is 22.6 Å². The third kappa shape index (κ3) is 2.63. The van der Waals surface area contributed by atoms with Gasteiger partial charge in [0.05, 0.1) is 5.56 Å². The van der Waals surface area contributed by atoms with Gasteiger partial charge in [0.15, 0.2) is 0 Å². The number of nitrogens with zero attached hydrogens (tertiary/aromatic N) is 1. The third-order valence-corrected chi connectivity index (χ3v) is 4.94. The van der Waals surface area contributed by atoms with Crippen LogP contribution in [0.4, 0.5) is 4.39 Å². The highest BCUT2D eigenvalue weighted by Gasteiger charge is 2.36. The van der Waals surface area contributed by atoms with Crippen LogP contribution in [0.2, 0.25) is 0 Å². The van der Waals surface area contributed by atoms with Gasteiger partial charge in [-0.05, 0) is 66.1 Å². The highest BCUT2D eigenvalue weighted by Crippen LogP contribution is 2.27. The van der Waals surface area contributed by atoms with Crippen LogP contribution in [0.15, 0.2) is 18.2 Å². The predicted molar refractivity (Wildman–Crippen MR) is 79.5 cm³/mol. The lowest BCUT2D eigenvalue weighted by atomic mass is 9.94. The van der Waals surface area contributed by atoms with Gasteiger partial charge in [-0.1, -0.05) is 0 Å². The summed E-state index contributed by atoms with van der Waals surface area (Å²) >= 11 is 2.03. The number of carbonyl (C=O) groups excluding carboxylic acids is 1. The zero-order chi connectivity index (χ0) is 13.4. The number of hydrogen-bond donors (Lipinski definition) is 1. The highest BCUT2D eigenvalue weighted by atomic mass is 127. The number of carbonyl (C=O) groups is 1. The molecule has 0 saturated carbocycles. The molecule has 19 heavy (non-hydrogen) atoms. The van der Waals surface area contributed by atoms with Crippen molar-refractivity contribution in [3.63, 3.8) is 0 Å². The van der Waals surface area contributed by atoms with E-state index in [1.807, 2.05) is 27.5 Å². The summed E-state index contributed by atoms with van der Waals surface area (Å²) in [6.45, 7) is 2.65. The van der Waals surface area contributed by atoms with Gasteiger partial charge in [0.1, 0.15) is 5.82 Å². The Labute approximate surface area is 125 Å². The van der Waals surface area contributed by atoms with Crippen molar-refractivity contribution in [2.45, 2.75) is 18.9 Å². The van der Waals surface area contributed by atoms with E-state index < -0.39 is 0 Å². The zero-order valence-corrected chi connectivity index (χ0v) is 12.7. The number of halogens is 2. The Morgan fingerprint density at radius 2 is 2.26 bits per heavy atom. The number of rotatable bonds is 1. The van der Waals surface area contributed by atoms with Gasteiger partial charge >= 0.3 is 0 Å². The fraction of sp³-hybridized carbons (Fsp3) is 0.500. The molecule has 3 nitrogen and oxygen atoms in total. The first-order chi connectivity index (χ1) is 9.15. The Morgan fingerprint density at radius 1 is 1.42 bits per heavy atom. The summed E-state index contributed by atoms with van der Waals surface area (Å²) in [5.74, 6) is 0.314. The van der Waals surface area contributed by atoms with Crippen molar-refractivity contribution in [3.8, 4) is 0 Å². The van der Waals surface area contributed by atoms with Crippen molar-refractivity contribution in [1.29, 1.82) is 0 Å². The van der Waals surface area contributed by atoms with E-state index in [1.165, 1.54) is 25.0 Å². The number of hydrogen-bond acceptors (Lipinski definition) is 2. The van der Waals surface area contributed by atoms with Crippen LogP contribution < -0.4 is 5.32 Å². The van der Waals surface area contributed by atoms with Crippen LogP contribution in [0.1, 0.15) is 23.2 Å². The van der Waals surface area contributed by atoms with Crippen LogP contribution in [0, 0.1) is 15.3 Å². The molecular weight excluding hydrogens is 358 g/mol. The number of benzene rings is 1. The maximum absolute atomic E-state index is 13.1. The number of piperidine rings is 1. The maximum Gasteiger partial charge on any atom is 0.254 e. The van der Waals surface area contributed by atoms with E-state index in [9.17, 15) is 9.18 Å². The van der Waals surface area contributed by atoms with Gasteiger partial charge in [-0.25, -0.2) is 4.39 Å². The van der Waals surface area contributed by atoms with Crippen LogP contribution in [0.25, 0.3) is 0 Å². The third-order valence-electron chi connectivity index (χ3n) is 4.05. The predicted octanol–water partition coefficient (Wildman–Crippen LogP) is 2.25. The van der Waals surface area contributed by atoms with E-state index in [2.05, 4.69) is 5.32 Å². The molecule has 0 radical (unpaired) electrons. The molecule has 1 aromatic carbocycles. The molecule has 2 saturated heterocycles. The minimum absolute atomic E-state index is 0.0283. The van der Waals surface area contributed by atoms with Gasteiger partial charge in [-0.2, -0.15) is 0 Å². The average molecular weight is 374 g/mol. The zero-order valence-electron chi connectivity index (χ0n) is 10.5. The molecule has 1 amide bonds. The Balaban J connectivity index is 1.77. The van der Waals surface area contributed by atoms with Gasteiger partial charge in [0, 0.05) is 22.7 Å². The van der Waals surface area contributed by atoms with Gasteiger partial charge in [-0.3, -0.25) is 4.79 Å². The summed E-state index contributed by atoms with van der Waals surface area (Å²) in [5, 5.41) is 3.49. The summed E-state index contributed by atoms with van der Waals surface area (Å²) in [6.07, 6.45) is 2.39. The second-order valence-electron chi connectivity index (χ2n) is 5.30. The Hall–Kier alpha value is -0.690. The molecule has 2 heterocycles. The summed E-state index contributed by atoms with van der Waals surface area (Å²) < 4.78 is 13.8. The molecule has 5 heteroatoms. The smallest absolute Gasteiger partial charge is 0.254 e. The monoisotopic (exact) mass is 374 g/mol. The molecule has 2 atom stereocenters. The van der Waals surface area contributed by atoms with Crippen molar-refractivity contribution in [2.24, 2.45) is 5.92 Å². The molecule has 0 bridgehead atoms. The van der Waals surface area contributed by atoms with Crippen molar-refractivity contribution in [1.82, 2.24) is 10.2 Å². The SMILES string of the molecule is O=C(c1ccc(F)cc1I)N1C[C@@H]2CCCN[C@@H]2C1. The molecule has 0 spiro atoms. The number of amides is 1. The largest absolute Gasteiger partial charge is 0.337 e. The molecule has 0 unspecified atom stereocenters. The lowest BCUT2D eigenvalue weighted by Gasteiger charge is -2.24. The van der Waals surface area contributed by atoms with Crippen LogP contribution in [-0.4, -0.2) is 36.5 Å². The van der Waals surface area contributed by atoms with Crippen LogP contribution in [-0.2, 0) is 0 Å². The highest BCUT2D eigenvalue weighted by molar-refractivity contribution is 14.1. The first-order valence-electron chi connectivity index (χ1n) is 6.63. The molecule has 0 aromatic heterocycles. The van der Waals surface area contributed by atoms with Crippen LogP contribution in [0.3, 0.4) is 0 Å².